The van der Waals surface area contributed by atoms with Crippen molar-refractivity contribution in [1.29, 1.82) is 0 Å². The molecule has 0 saturated heterocycles. The van der Waals surface area contributed by atoms with Gasteiger partial charge in [-0.3, -0.25) is 4.98 Å². The molecule has 0 radical (unpaired) electrons. The molecule has 0 spiro atoms. The van der Waals surface area contributed by atoms with Crippen LogP contribution in [0.5, 0.6) is 0 Å². The molecule has 1 aromatic rings. The lowest BCUT2D eigenvalue weighted by Crippen LogP contribution is -2.33. The van der Waals surface area contributed by atoms with Gasteiger partial charge in [-0.1, -0.05) is 0 Å². The first-order valence-corrected chi connectivity index (χ1v) is 5.69. The Morgan fingerprint density at radius 1 is 1.69 bits per heavy atom. The first-order chi connectivity index (χ1) is 6.27. The molecule has 0 aromatic carbocycles. The summed E-state index contributed by atoms with van der Waals surface area (Å²) >= 11 is 1.78. The molecular weight excluding hydrogens is 180 g/mol. The monoisotopic (exact) mass is 196 g/mol. The van der Waals surface area contributed by atoms with E-state index in [1.165, 1.54) is 24.1 Å². The molecule has 1 heterocycles. The van der Waals surface area contributed by atoms with E-state index in [4.69, 9.17) is 0 Å². The van der Waals surface area contributed by atoms with Gasteiger partial charge in [0.05, 0.1) is 5.51 Å². The maximum atomic E-state index is 4.12. The third-order valence-electron chi connectivity index (χ3n) is 3.25. The average molecular weight is 196 g/mol. The van der Waals surface area contributed by atoms with E-state index in [1.54, 1.807) is 11.3 Å². The van der Waals surface area contributed by atoms with Crippen LogP contribution < -0.4 is 5.32 Å². The van der Waals surface area contributed by atoms with E-state index in [2.05, 4.69) is 24.3 Å². The number of hydrogen-bond acceptors (Lipinski definition) is 3. The highest BCUT2D eigenvalue weighted by molar-refractivity contribution is 7.09. The maximum Gasteiger partial charge on any atom is 0.0794 e. The molecule has 1 fully saturated rings. The quantitative estimate of drug-likeness (QED) is 0.797. The van der Waals surface area contributed by atoms with Crippen LogP contribution in [-0.4, -0.2) is 18.1 Å². The summed E-state index contributed by atoms with van der Waals surface area (Å²) in [5.41, 5.74) is 2.47. The molecule has 72 valence electrons. The summed E-state index contributed by atoms with van der Waals surface area (Å²) in [5.74, 6) is 0. The zero-order valence-corrected chi connectivity index (χ0v) is 9.03. The van der Waals surface area contributed by atoms with Crippen molar-refractivity contribution < 1.29 is 0 Å². The number of thiazole rings is 1. The molecule has 1 atom stereocenters. The SMILES string of the molecule is CNC(C)C1(Cc2cncs2)CC1. The van der Waals surface area contributed by atoms with Gasteiger partial charge in [-0.2, -0.15) is 0 Å². The molecule has 2 rings (SSSR count). The Labute approximate surface area is 83.4 Å². The Hall–Kier alpha value is -0.410. The maximum absolute atomic E-state index is 4.12. The van der Waals surface area contributed by atoms with Crippen LogP contribution in [0.3, 0.4) is 0 Å². The summed E-state index contributed by atoms with van der Waals surface area (Å²) in [4.78, 5) is 5.55. The fourth-order valence-corrected chi connectivity index (χ4v) is 2.66. The van der Waals surface area contributed by atoms with Crippen molar-refractivity contribution in [3.8, 4) is 0 Å². The Bertz CT molecular complexity index is 264. The Morgan fingerprint density at radius 2 is 2.46 bits per heavy atom. The lowest BCUT2D eigenvalue weighted by atomic mass is 9.93. The van der Waals surface area contributed by atoms with Crippen molar-refractivity contribution in [3.63, 3.8) is 0 Å². The van der Waals surface area contributed by atoms with Crippen LogP contribution in [0.4, 0.5) is 0 Å². The summed E-state index contributed by atoms with van der Waals surface area (Å²) in [6.07, 6.45) is 5.95. The fourth-order valence-electron chi connectivity index (χ4n) is 1.91. The molecule has 1 aromatic heterocycles. The van der Waals surface area contributed by atoms with Crippen molar-refractivity contribution in [3.05, 3.63) is 16.6 Å². The highest BCUT2D eigenvalue weighted by atomic mass is 32.1. The third-order valence-corrected chi connectivity index (χ3v) is 4.03. The van der Waals surface area contributed by atoms with Crippen LogP contribution in [-0.2, 0) is 6.42 Å². The van der Waals surface area contributed by atoms with E-state index < -0.39 is 0 Å². The average Bonchev–Trinajstić information content (AvgIpc) is 2.73. The molecule has 1 N–H and O–H groups in total. The highest BCUT2D eigenvalue weighted by Gasteiger charge is 2.46. The second-order valence-electron chi connectivity index (χ2n) is 4.02. The van der Waals surface area contributed by atoms with E-state index in [0.717, 1.165) is 0 Å². The molecule has 3 heteroatoms. The zero-order chi connectivity index (χ0) is 9.31. The van der Waals surface area contributed by atoms with Crippen LogP contribution in [0.15, 0.2) is 11.7 Å². The van der Waals surface area contributed by atoms with Crippen molar-refractivity contribution in [2.75, 3.05) is 7.05 Å². The van der Waals surface area contributed by atoms with Gasteiger partial charge < -0.3 is 5.32 Å². The summed E-state index contributed by atoms with van der Waals surface area (Å²) < 4.78 is 0. The molecule has 0 bridgehead atoms. The Balaban J connectivity index is 2.01. The minimum absolute atomic E-state index is 0.543. The topological polar surface area (TPSA) is 24.9 Å². The fraction of sp³-hybridized carbons (Fsp3) is 0.700. The highest BCUT2D eigenvalue weighted by Crippen LogP contribution is 2.51. The van der Waals surface area contributed by atoms with Crippen molar-refractivity contribution in [2.45, 2.75) is 32.2 Å². The van der Waals surface area contributed by atoms with Gasteiger partial charge in [0.2, 0.25) is 0 Å². The molecule has 2 nitrogen and oxygen atoms in total. The van der Waals surface area contributed by atoms with Gasteiger partial charge in [0.25, 0.3) is 0 Å². The minimum atomic E-state index is 0.543. The summed E-state index contributed by atoms with van der Waals surface area (Å²) in [6, 6.07) is 0.634. The number of hydrogen-bond donors (Lipinski definition) is 1. The minimum Gasteiger partial charge on any atom is -0.317 e. The summed E-state index contributed by atoms with van der Waals surface area (Å²) in [6.45, 7) is 2.29. The van der Waals surface area contributed by atoms with Gasteiger partial charge in [0.15, 0.2) is 0 Å². The van der Waals surface area contributed by atoms with Gasteiger partial charge >= 0.3 is 0 Å². The van der Waals surface area contributed by atoms with E-state index in [9.17, 15) is 0 Å². The number of aromatic nitrogens is 1. The van der Waals surface area contributed by atoms with Gasteiger partial charge in [-0.25, -0.2) is 0 Å². The summed E-state index contributed by atoms with van der Waals surface area (Å²) in [5, 5.41) is 3.36. The van der Waals surface area contributed by atoms with Gasteiger partial charge in [0, 0.05) is 17.1 Å². The predicted octanol–water partition coefficient (Wildman–Crippen LogP) is 2.07. The molecule has 1 saturated carbocycles. The lowest BCUT2D eigenvalue weighted by Gasteiger charge is -2.21. The molecule has 1 unspecified atom stereocenters. The normalized spacial score (nSPS) is 21.4. The largest absolute Gasteiger partial charge is 0.317 e. The molecule has 0 amide bonds. The lowest BCUT2D eigenvalue weighted by molar-refractivity contribution is 0.371. The van der Waals surface area contributed by atoms with Crippen LogP contribution in [0, 0.1) is 5.41 Å². The van der Waals surface area contributed by atoms with E-state index in [-0.39, 0.29) is 0 Å². The summed E-state index contributed by atoms with van der Waals surface area (Å²) in [7, 11) is 2.05. The van der Waals surface area contributed by atoms with Gasteiger partial charge in [-0.15, -0.1) is 11.3 Å². The zero-order valence-electron chi connectivity index (χ0n) is 8.21. The number of nitrogens with one attached hydrogen (secondary N) is 1. The van der Waals surface area contributed by atoms with Crippen molar-refractivity contribution >= 4 is 11.3 Å². The molecule has 1 aliphatic carbocycles. The van der Waals surface area contributed by atoms with Crippen LogP contribution in [0.25, 0.3) is 0 Å². The van der Waals surface area contributed by atoms with Crippen LogP contribution in [0.1, 0.15) is 24.6 Å². The van der Waals surface area contributed by atoms with Crippen LogP contribution in [0.2, 0.25) is 0 Å². The van der Waals surface area contributed by atoms with E-state index >= 15 is 0 Å². The van der Waals surface area contributed by atoms with Gasteiger partial charge in [-0.05, 0) is 38.6 Å². The molecule has 1 aliphatic rings. The second kappa shape index (κ2) is 3.39. The van der Waals surface area contributed by atoms with Crippen molar-refractivity contribution in [1.82, 2.24) is 10.3 Å². The Kier molecular flexibility index (Phi) is 2.39. The van der Waals surface area contributed by atoms with Gasteiger partial charge in [0.1, 0.15) is 0 Å². The van der Waals surface area contributed by atoms with E-state index in [1.807, 2.05) is 11.7 Å². The first-order valence-electron chi connectivity index (χ1n) is 4.81. The third kappa shape index (κ3) is 1.76. The van der Waals surface area contributed by atoms with E-state index in [0.29, 0.717) is 11.5 Å². The van der Waals surface area contributed by atoms with Crippen molar-refractivity contribution in [2.24, 2.45) is 5.41 Å². The van der Waals surface area contributed by atoms with Crippen LogP contribution >= 0.6 is 11.3 Å². The first kappa shape index (κ1) is 9.16. The number of nitrogens with zero attached hydrogens (tertiary/aromatic N) is 1. The standard InChI is InChI=1S/C10H16N2S/c1-8(11-2)10(3-4-10)5-9-6-12-7-13-9/h6-8,11H,3-5H2,1-2H3. The molecule has 13 heavy (non-hydrogen) atoms. The molecule has 0 aliphatic heterocycles. The smallest absolute Gasteiger partial charge is 0.0794 e. The molecular formula is C10H16N2S. The Morgan fingerprint density at radius 3 is 2.92 bits per heavy atom. The predicted molar refractivity (Wildman–Crippen MR) is 56.0 cm³/mol. The second-order valence-corrected chi connectivity index (χ2v) is 4.99. The number of rotatable bonds is 4.